The van der Waals surface area contributed by atoms with Gasteiger partial charge in [0, 0.05) is 16.8 Å². The first-order chi connectivity index (χ1) is 8.49. The van der Waals surface area contributed by atoms with E-state index in [0.717, 1.165) is 17.8 Å². The normalized spacial score (nSPS) is 20.8. The van der Waals surface area contributed by atoms with Crippen LogP contribution in [0.1, 0.15) is 25.0 Å². The van der Waals surface area contributed by atoms with Gasteiger partial charge in [-0.3, -0.25) is 0 Å². The van der Waals surface area contributed by atoms with Gasteiger partial charge in [-0.25, -0.2) is 0 Å². The summed E-state index contributed by atoms with van der Waals surface area (Å²) in [6.07, 6.45) is 1.02. The lowest BCUT2D eigenvalue weighted by Crippen LogP contribution is -2.44. The quantitative estimate of drug-likeness (QED) is 0.698. The van der Waals surface area contributed by atoms with Crippen molar-refractivity contribution >= 4 is 23.0 Å². The molecule has 0 radical (unpaired) electrons. The van der Waals surface area contributed by atoms with E-state index in [1.807, 2.05) is 0 Å². The van der Waals surface area contributed by atoms with E-state index in [4.69, 9.17) is 12.2 Å². The SMILES string of the molecule is C=C1NC(=S)NC2=C1C(C)(C)Cc1ccccc12. The summed E-state index contributed by atoms with van der Waals surface area (Å²) in [5.74, 6) is 0. The lowest BCUT2D eigenvalue weighted by Gasteiger charge is -2.40. The van der Waals surface area contributed by atoms with Crippen LogP contribution in [0.4, 0.5) is 0 Å². The molecule has 0 saturated carbocycles. The van der Waals surface area contributed by atoms with E-state index in [2.05, 4.69) is 55.3 Å². The summed E-state index contributed by atoms with van der Waals surface area (Å²) in [5.41, 5.74) is 5.97. The standard InChI is InChI=1S/C15H16N2S/c1-9-12-13(17-14(18)16-9)11-7-5-4-6-10(11)8-15(12,2)3/h4-7H,1,8H2,2-3H3,(H2,16,17,18). The first-order valence-corrected chi connectivity index (χ1v) is 6.50. The Kier molecular flexibility index (Phi) is 2.35. The maximum atomic E-state index is 5.24. The van der Waals surface area contributed by atoms with Gasteiger partial charge in [0.25, 0.3) is 0 Å². The lowest BCUT2D eigenvalue weighted by atomic mass is 9.70. The molecule has 1 aromatic rings. The minimum absolute atomic E-state index is 0.0663. The molecule has 0 unspecified atom stereocenters. The summed E-state index contributed by atoms with van der Waals surface area (Å²) in [6, 6.07) is 8.50. The molecular weight excluding hydrogens is 240 g/mol. The third-order valence-corrected chi connectivity index (χ3v) is 3.85. The van der Waals surface area contributed by atoms with Gasteiger partial charge in [-0.2, -0.15) is 0 Å². The molecule has 0 bridgehead atoms. The Morgan fingerprint density at radius 3 is 2.72 bits per heavy atom. The van der Waals surface area contributed by atoms with E-state index in [0.29, 0.717) is 5.11 Å². The van der Waals surface area contributed by atoms with Gasteiger partial charge in [-0.15, -0.1) is 0 Å². The highest BCUT2D eigenvalue weighted by Crippen LogP contribution is 2.44. The fourth-order valence-corrected chi connectivity index (χ4v) is 3.21. The second-order valence-corrected chi connectivity index (χ2v) is 5.93. The molecule has 2 nitrogen and oxygen atoms in total. The molecule has 0 spiro atoms. The molecule has 1 aliphatic carbocycles. The second kappa shape index (κ2) is 3.69. The van der Waals surface area contributed by atoms with Crippen molar-refractivity contribution < 1.29 is 0 Å². The van der Waals surface area contributed by atoms with Crippen molar-refractivity contribution in [2.45, 2.75) is 20.3 Å². The Balaban J connectivity index is 2.29. The highest BCUT2D eigenvalue weighted by molar-refractivity contribution is 7.80. The van der Waals surface area contributed by atoms with Crippen molar-refractivity contribution in [2.75, 3.05) is 0 Å². The molecule has 0 saturated heterocycles. The van der Waals surface area contributed by atoms with Crippen LogP contribution in [0.3, 0.4) is 0 Å². The first kappa shape index (κ1) is 11.5. The number of hydrogen-bond donors (Lipinski definition) is 2. The van der Waals surface area contributed by atoms with E-state index in [1.165, 1.54) is 16.7 Å². The fraction of sp³-hybridized carbons (Fsp3) is 0.267. The van der Waals surface area contributed by atoms with Crippen molar-refractivity contribution in [2.24, 2.45) is 5.41 Å². The number of thiocarbonyl (C=S) groups is 1. The molecule has 0 amide bonds. The van der Waals surface area contributed by atoms with Crippen molar-refractivity contribution in [1.82, 2.24) is 10.6 Å². The summed E-state index contributed by atoms with van der Waals surface area (Å²) < 4.78 is 0. The van der Waals surface area contributed by atoms with Gasteiger partial charge in [-0.05, 0) is 29.6 Å². The third kappa shape index (κ3) is 1.58. The summed E-state index contributed by atoms with van der Waals surface area (Å²) >= 11 is 5.24. The van der Waals surface area contributed by atoms with Crippen molar-refractivity contribution in [1.29, 1.82) is 0 Å². The van der Waals surface area contributed by atoms with E-state index < -0.39 is 0 Å². The second-order valence-electron chi connectivity index (χ2n) is 5.53. The van der Waals surface area contributed by atoms with E-state index in [1.54, 1.807) is 0 Å². The number of rotatable bonds is 0. The molecule has 1 aliphatic heterocycles. The van der Waals surface area contributed by atoms with Crippen LogP contribution in [-0.4, -0.2) is 5.11 Å². The van der Waals surface area contributed by atoms with E-state index >= 15 is 0 Å². The zero-order valence-electron chi connectivity index (χ0n) is 10.6. The number of hydrogen-bond acceptors (Lipinski definition) is 1. The molecule has 18 heavy (non-hydrogen) atoms. The van der Waals surface area contributed by atoms with Crippen molar-refractivity contribution in [3.05, 3.63) is 53.2 Å². The van der Waals surface area contributed by atoms with Crippen molar-refractivity contribution in [3.8, 4) is 0 Å². The summed E-state index contributed by atoms with van der Waals surface area (Å²) in [4.78, 5) is 0. The average molecular weight is 256 g/mol. The van der Waals surface area contributed by atoms with Crippen LogP contribution in [0, 0.1) is 5.41 Å². The molecule has 92 valence electrons. The van der Waals surface area contributed by atoms with Crippen LogP contribution in [0.2, 0.25) is 0 Å². The molecular formula is C15H16N2S. The molecule has 1 heterocycles. The average Bonchev–Trinajstić information content (AvgIpc) is 2.26. The Bertz CT molecular complexity index is 596. The monoisotopic (exact) mass is 256 g/mol. The van der Waals surface area contributed by atoms with Gasteiger partial charge < -0.3 is 10.6 Å². The Morgan fingerprint density at radius 1 is 1.22 bits per heavy atom. The topological polar surface area (TPSA) is 24.1 Å². The Hall–Kier alpha value is -1.61. The molecule has 1 aromatic carbocycles. The molecule has 3 heteroatoms. The Morgan fingerprint density at radius 2 is 1.94 bits per heavy atom. The molecule has 3 rings (SSSR count). The summed E-state index contributed by atoms with van der Waals surface area (Å²) in [7, 11) is 0. The zero-order chi connectivity index (χ0) is 12.9. The van der Waals surface area contributed by atoms with Crippen molar-refractivity contribution in [3.63, 3.8) is 0 Å². The summed E-state index contributed by atoms with van der Waals surface area (Å²) in [5, 5.41) is 7.06. The third-order valence-electron chi connectivity index (χ3n) is 3.65. The van der Waals surface area contributed by atoms with Gasteiger partial charge in [0.1, 0.15) is 0 Å². The van der Waals surface area contributed by atoms with Gasteiger partial charge in [-0.1, -0.05) is 44.7 Å². The highest BCUT2D eigenvalue weighted by atomic mass is 32.1. The predicted octanol–water partition coefficient (Wildman–Crippen LogP) is 2.97. The van der Waals surface area contributed by atoms with E-state index in [-0.39, 0.29) is 5.41 Å². The maximum absolute atomic E-state index is 5.24. The number of allylic oxidation sites excluding steroid dienone is 1. The molecule has 0 fully saturated rings. The number of benzene rings is 1. The van der Waals surface area contributed by atoms with Gasteiger partial charge >= 0.3 is 0 Å². The van der Waals surface area contributed by atoms with Crippen LogP contribution in [-0.2, 0) is 6.42 Å². The number of fused-ring (bicyclic) bond motifs is 2. The van der Waals surface area contributed by atoms with Gasteiger partial charge in [0.15, 0.2) is 5.11 Å². The summed E-state index contributed by atoms with van der Waals surface area (Å²) in [6.45, 7) is 8.62. The van der Waals surface area contributed by atoms with Crippen LogP contribution in [0.25, 0.3) is 5.70 Å². The van der Waals surface area contributed by atoms with Gasteiger partial charge in [0.05, 0.1) is 5.70 Å². The van der Waals surface area contributed by atoms with E-state index in [9.17, 15) is 0 Å². The molecule has 2 N–H and O–H groups in total. The largest absolute Gasteiger partial charge is 0.333 e. The number of nitrogens with one attached hydrogen (secondary N) is 2. The van der Waals surface area contributed by atoms with Gasteiger partial charge in [0.2, 0.25) is 0 Å². The Labute approximate surface area is 113 Å². The minimum Gasteiger partial charge on any atom is -0.333 e. The highest BCUT2D eigenvalue weighted by Gasteiger charge is 2.37. The smallest absolute Gasteiger partial charge is 0.175 e. The van der Waals surface area contributed by atoms with Crippen LogP contribution in [0.15, 0.2) is 42.1 Å². The molecule has 2 aliphatic rings. The zero-order valence-corrected chi connectivity index (χ0v) is 11.4. The molecule has 0 atom stereocenters. The fourth-order valence-electron chi connectivity index (χ4n) is 2.99. The maximum Gasteiger partial charge on any atom is 0.175 e. The lowest BCUT2D eigenvalue weighted by molar-refractivity contribution is 0.438. The van der Waals surface area contributed by atoms with Crippen LogP contribution >= 0.6 is 12.2 Å². The predicted molar refractivity (Wildman–Crippen MR) is 78.9 cm³/mol. The minimum atomic E-state index is 0.0663. The first-order valence-electron chi connectivity index (χ1n) is 6.09. The molecule has 0 aromatic heterocycles. The van der Waals surface area contributed by atoms with Crippen LogP contribution in [0.5, 0.6) is 0 Å². The van der Waals surface area contributed by atoms with Crippen LogP contribution < -0.4 is 10.6 Å².